The van der Waals surface area contributed by atoms with Crippen molar-refractivity contribution in [1.29, 1.82) is 0 Å². The molecule has 56 heavy (non-hydrogen) atoms. The summed E-state index contributed by atoms with van der Waals surface area (Å²) in [5.74, 6) is 1.84. The summed E-state index contributed by atoms with van der Waals surface area (Å²) in [4.78, 5) is 15.2. The van der Waals surface area contributed by atoms with Crippen molar-refractivity contribution in [3.8, 4) is 56.7 Å². The third-order valence-corrected chi connectivity index (χ3v) is 10.8. The quantitative estimate of drug-likeness (QED) is 0.172. The number of fused-ring (bicyclic) bond motifs is 6. The fourth-order valence-electron chi connectivity index (χ4n) is 8.22. The summed E-state index contributed by atoms with van der Waals surface area (Å²) in [6.07, 6.45) is 0. The van der Waals surface area contributed by atoms with Crippen molar-refractivity contribution in [2.45, 2.75) is 0 Å². The summed E-state index contributed by atoms with van der Waals surface area (Å²) in [6, 6.07) is 70.5. The van der Waals surface area contributed by atoms with Crippen molar-refractivity contribution in [3.05, 3.63) is 200 Å². The van der Waals surface area contributed by atoms with Gasteiger partial charge in [0.2, 0.25) is 5.95 Å². The molecule has 0 bridgehead atoms. The molecular formula is C51H33N5. The molecule has 0 radical (unpaired) electrons. The van der Waals surface area contributed by atoms with E-state index < -0.39 is 0 Å². The smallest absolute Gasteiger partial charge is 0.238 e. The summed E-state index contributed by atoms with van der Waals surface area (Å²) in [6.45, 7) is 0. The minimum Gasteiger partial charge on any atom is -0.309 e. The van der Waals surface area contributed by atoms with Crippen LogP contribution in [-0.2, 0) is 0 Å². The van der Waals surface area contributed by atoms with Crippen molar-refractivity contribution in [1.82, 2.24) is 24.1 Å². The van der Waals surface area contributed by atoms with E-state index >= 15 is 0 Å². The van der Waals surface area contributed by atoms with Crippen LogP contribution in [0.4, 0.5) is 0 Å². The van der Waals surface area contributed by atoms with Crippen LogP contribution in [-0.4, -0.2) is 24.1 Å². The molecule has 0 saturated carbocycles. The average molecular weight is 716 g/mol. The second-order valence-electron chi connectivity index (χ2n) is 14.1. The molecule has 0 spiro atoms. The SMILES string of the molecule is c1ccc(-c2nc(-c3ccccc3)nc(-n3c4ccccc4c4cc(-c5cc6c7ccccc7n(-c7ccccc7)c6cc5-c5ccccc5)ccc43)n2)cc1. The summed E-state index contributed by atoms with van der Waals surface area (Å²) in [7, 11) is 0. The highest BCUT2D eigenvalue weighted by Gasteiger charge is 2.21. The second-order valence-corrected chi connectivity index (χ2v) is 14.1. The van der Waals surface area contributed by atoms with E-state index in [1.807, 2.05) is 60.7 Å². The maximum absolute atomic E-state index is 5.14. The molecular weight excluding hydrogens is 683 g/mol. The Balaban J connectivity index is 1.17. The first-order chi connectivity index (χ1) is 27.8. The fourth-order valence-corrected chi connectivity index (χ4v) is 8.22. The largest absolute Gasteiger partial charge is 0.309 e. The number of nitrogens with zero attached hydrogens (tertiary/aromatic N) is 5. The van der Waals surface area contributed by atoms with E-state index in [2.05, 4.69) is 149 Å². The van der Waals surface area contributed by atoms with E-state index in [1.54, 1.807) is 0 Å². The highest BCUT2D eigenvalue weighted by atomic mass is 15.2. The number of hydrogen-bond acceptors (Lipinski definition) is 3. The molecule has 0 atom stereocenters. The summed E-state index contributed by atoms with van der Waals surface area (Å²) in [5, 5.41) is 4.71. The molecule has 262 valence electrons. The predicted octanol–water partition coefficient (Wildman–Crippen LogP) is 12.7. The van der Waals surface area contributed by atoms with Gasteiger partial charge in [-0.15, -0.1) is 0 Å². The molecule has 5 heteroatoms. The van der Waals surface area contributed by atoms with Crippen LogP contribution >= 0.6 is 0 Å². The highest BCUT2D eigenvalue weighted by Crippen LogP contribution is 2.42. The normalized spacial score (nSPS) is 11.6. The summed E-state index contributed by atoms with van der Waals surface area (Å²) >= 11 is 0. The molecule has 3 aromatic heterocycles. The van der Waals surface area contributed by atoms with Crippen LogP contribution in [0, 0.1) is 0 Å². The molecule has 0 aliphatic rings. The zero-order valence-electron chi connectivity index (χ0n) is 30.3. The van der Waals surface area contributed by atoms with Crippen LogP contribution in [0.15, 0.2) is 200 Å². The van der Waals surface area contributed by atoms with Gasteiger partial charge >= 0.3 is 0 Å². The van der Waals surface area contributed by atoms with E-state index in [-0.39, 0.29) is 0 Å². The predicted molar refractivity (Wildman–Crippen MR) is 230 cm³/mol. The van der Waals surface area contributed by atoms with Gasteiger partial charge in [0, 0.05) is 38.4 Å². The van der Waals surface area contributed by atoms with Crippen molar-refractivity contribution >= 4 is 43.6 Å². The van der Waals surface area contributed by atoms with Gasteiger partial charge in [-0.1, -0.05) is 152 Å². The molecule has 0 saturated heterocycles. The highest BCUT2D eigenvalue weighted by molar-refractivity contribution is 6.14. The molecule has 11 rings (SSSR count). The molecule has 11 aromatic rings. The van der Waals surface area contributed by atoms with Gasteiger partial charge < -0.3 is 4.57 Å². The van der Waals surface area contributed by atoms with Gasteiger partial charge in [-0.2, -0.15) is 9.97 Å². The Labute approximate surface area is 323 Å². The van der Waals surface area contributed by atoms with Gasteiger partial charge in [-0.3, -0.25) is 4.57 Å². The summed E-state index contributed by atoms with van der Waals surface area (Å²) in [5.41, 5.74) is 12.1. The van der Waals surface area contributed by atoms with E-state index in [0.29, 0.717) is 17.6 Å². The van der Waals surface area contributed by atoms with Gasteiger partial charge in [0.1, 0.15) is 0 Å². The van der Waals surface area contributed by atoms with E-state index in [9.17, 15) is 0 Å². The molecule has 0 N–H and O–H groups in total. The number of para-hydroxylation sites is 3. The van der Waals surface area contributed by atoms with Gasteiger partial charge in [0.25, 0.3) is 0 Å². The minimum absolute atomic E-state index is 0.580. The third-order valence-electron chi connectivity index (χ3n) is 10.8. The van der Waals surface area contributed by atoms with Crippen molar-refractivity contribution in [2.75, 3.05) is 0 Å². The third kappa shape index (κ3) is 5.21. The topological polar surface area (TPSA) is 48.5 Å². The van der Waals surface area contributed by atoms with Gasteiger partial charge in [0.15, 0.2) is 11.6 Å². The van der Waals surface area contributed by atoms with E-state index in [4.69, 9.17) is 15.0 Å². The first-order valence-corrected chi connectivity index (χ1v) is 18.9. The standard InChI is InChI=1S/C51H33N5/c1-5-17-34(18-6-1)42-33-48-44(40-26-13-15-27-45(40)55(48)38-23-11-4-12-24-38)32-41(42)37-29-30-47-43(31-37)39-25-14-16-28-46(39)56(47)51-53-49(35-19-7-2-8-20-35)52-50(54-51)36-21-9-3-10-22-36/h1-33H. The lowest BCUT2D eigenvalue weighted by atomic mass is 9.92. The average Bonchev–Trinajstić information content (AvgIpc) is 3.79. The lowest BCUT2D eigenvalue weighted by Gasteiger charge is -2.14. The lowest BCUT2D eigenvalue weighted by Crippen LogP contribution is -2.06. The van der Waals surface area contributed by atoms with Crippen LogP contribution in [0.25, 0.3) is 100 Å². The Hall–Kier alpha value is -7.63. The first kappa shape index (κ1) is 31.9. The maximum Gasteiger partial charge on any atom is 0.238 e. The molecule has 0 aliphatic heterocycles. The van der Waals surface area contributed by atoms with Crippen LogP contribution in [0.1, 0.15) is 0 Å². The molecule has 0 fully saturated rings. The lowest BCUT2D eigenvalue weighted by molar-refractivity contribution is 0.953. The Kier molecular flexibility index (Phi) is 7.42. The molecule has 5 nitrogen and oxygen atoms in total. The maximum atomic E-state index is 5.14. The van der Waals surface area contributed by atoms with E-state index in [1.165, 1.54) is 38.5 Å². The Bertz CT molecular complexity index is 3160. The van der Waals surface area contributed by atoms with Gasteiger partial charge in [-0.25, -0.2) is 4.98 Å². The van der Waals surface area contributed by atoms with E-state index in [0.717, 1.165) is 44.2 Å². The monoisotopic (exact) mass is 715 g/mol. The Morgan fingerprint density at radius 3 is 1.36 bits per heavy atom. The number of hydrogen-bond donors (Lipinski definition) is 0. The first-order valence-electron chi connectivity index (χ1n) is 18.9. The molecule has 0 amide bonds. The van der Waals surface area contributed by atoms with Gasteiger partial charge in [0.05, 0.1) is 22.1 Å². The number of benzene rings is 8. The zero-order valence-corrected chi connectivity index (χ0v) is 30.3. The number of rotatable bonds is 6. The van der Waals surface area contributed by atoms with Crippen LogP contribution in [0.3, 0.4) is 0 Å². The van der Waals surface area contributed by atoms with Crippen LogP contribution < -0.4 is 0 Å². The number of aromatic nitrogens is 5. The second kappa shape index (κ2) is 13.0. The van der Waals surface area contributed by atoms with Crippen LogP contribution in [0.2, 0.25) is 0 Å². The van der Waals surface area contributed by atoms with Crippen molar-refractivity contribution in [2.24, 2.45) is 0 Å². The van der Waals surface area contributed by atoms with Crippen molar-refractivity contribution < 1.29 is 0 Å². The molecule has 3 heterocycles. The van der Waals surface area contributed by atoms with Gasteiger partial charge in [-0.05, 0) is 70.8 Å². The van der Waals surface area contributed by atoms with Crippen molar-refractivity contribution in [3.63, 3.8) is 0 Å². The minimum atomic E-state index is 0.580. The molecule has 8 aromatic carbocycles. The Morgan fingerprint density at radius 1 is 0.286 bits per heavy atom. The Morgan fingerprint density at radius 2 is 0.750 bits per heavy atom. The molecule has 0 unspecified atom stereocenters. The van der Waals surface area contributed by atoms with Crippen LogP contribution in [0.5, 0.6) is 0 Å². The fraction of sp³-hybridized carbons (Fsp3) is 0. The summed E-state index contributed by atoms with van der Waals surface area (Å²) < 4.78 is 4.57. The zero-order chi connectivity index (χ0) is 37.0. The molecule has 0 aliphatic carbocycles.